The SMILES string of the molecule is C=S(CCCN1CCOCC1)N(Cc1ccc(-c2nnc(C(F)F)o2)cc1F)c1ccccc1. The first-order valence-corrected chi connectivity index (χ1v) is 12.6. The van der Waals surface area contributed by atoms with Crippen LogP contribution in [0.15, 0.2) is 52.9 Å². The van der Waals surface area contributed by atoms with Crippen molar-refractivity contribution in [3.8, 4) is 11.5 Å². The number of ether oxygens (including phenoxy) is 1. The fraction of sp³-hybridized carbons (Fsp3) is 0.375. The molecule has 6 nitrogen and oxygen atoms in total. The topological polar surface area (TPSA) is 54.6 Å². The predicted octanol–water partition coefficient (Wildman–Crippen LogP) is 5.16. The zero-order chi connectivity index (χ0) is 23.9. The summed E-state index contributed by atoms with van der Waals surface area (Å²) in [7, 11) is -0.381. The van der Waals surface area contributed by atoms with Gasteiger partial charge in [-0.1, -0.05) is 30.1 Å². The number of aromatic nitrogens is 2. The summed E-state index contributed by atoms with van der Waals surface area (Å²) in [6, 6.07) is 14.3. The van der Waals surface area contributed by atoms with E-state index in [2.05, 4.69) is 25.3 Å². The normalized spacial score (nSPS) is 15.5. The molecule has 0 radical (unpaired) electrons. The van der Waals surface area contributed by atoms with Crippen molar-refractivity contribution in [2.24, 2.45) is 0 Å². The molecule has 2 aromatic carbocycles. The fourth-order valence-corrected chi connectivity index (χ4v) is 5.14. The van der Waals surface area contributed by atoms with Gasteiger partial charge < -0.3 is 13.5 Å². The van der Waals surface area contributed by atoms with Crippen LogP contribution < -0.4 is 4.31 Å². The van der Waals surface area contributed by atoms with Gasteiger partial charge in [-0.05, 0) is 37.2 Å². The maximum absolute atomic E-state index is 15.0. The van der Waals surface area contributed by atoms with Crippen LogP contribution in [-0.2, 0) is 11.3 Å². The van der Waals surface area contributed by atoms with E-state index in [4.69, 9.17) is 9.15 Å². The van der Waals surface area contributed by atoms with Gasteiger partial charge in [0, 0.05) is 35.7 Å². The van der Waals surface area contributed by atoms with E-state index in [1.807, 2.05) is 30.3 Å². The van der Waals surface area contributed by atoms with Crippen LogP contribution in [0, 0.1) is 5.82 Å². The van der Waals surface area contributed by atoms with Crippen LogP contribution in [0.5, 0.6) is 0 Å². The van der Waals surface area contributed by atoms with E-state index in [9.17, 15) is 8.78 Å². The number of para-hydroxylation sites is 1. The molecule has 1 aliphatic rings. The predicted molar refractivity (Wildman–Crippen MR) is 129 cm³/mol. The summed E-state index contributed by atoms with van der Waals surface area (Å²) in [4.78, 5) is 2.39. The van der Waals surface area contributed by atoms with Crippen LogP contribution in [0.4, 0.5) is 18.9 Å². The van der Waals surface area contributed by atoms with Gasteiger partial charge in [0.1, 0.15) is 5.82 Å². The van der Waals surface area contributed by atoms with Gasteiger partial charge in [0.05, 0.1) is 19.8 Å². The second kappa shape index (κ2) is 11.6. The van der Waals surface area contributed by atoms with Crippen molar-refractivity contribution in [3.63, 3.8) is 0 Å². The Bertz CT molecular complexity index is 1090. The number of rotatable bonds is 10. The van der Waals surface area contributed by atoms with E-state index in [0.717, 1.165) is 50.7 Å². The summed E-state index contributed by atoms with van der Waals surface area (Å²) in [5.41, 5.74) is 1.69. The molecule has 1 aliphatic heterocycles. The highest BCUT2D eigenvalue weighted by Gasteiger charge is 2.19. The Morgan fingerprint density at radius 3 is 2.53 bits per heavy atom. The van der Waals surface area contributed by atoms with Crippen LogP contribution in [0.1, 0.15) is 24.3 Å². The van der Waals surface area contributed by atoms with Crippen molar-refractivity contribution in [3.05, 3.63) is 65.8 Å². The highest BCUT2D eigenvalue weighted by molar-refractivity contribution is 8.15. The van der Waals surface area contributed by atoms with Crippen LogP contribution in [0.2, 0.25) is 0 Å². The number of alkyl halides is 2. The van der Waals surface area contributed by atoms with Gasteiger partial charge in [-0.2, -0.15) is 8.78 Å². The molecule has 4 rings (SSSR count). The van der Waals surface area contributed by atoms with Crippen molar-refractivity contribution in [2.75, 3.05) is 42.9 Å². The van der Waals surface area contributed by atoms with Gasteiger partial charge in [0.15, 0.2) is 0 Å². The monoisotopic (exact) mass is 492 g/mol. The molecular formula is C24H27F3N4O2S. The summed E-state index contributed by atoms with van der Waals surface area (Å²) in [6.45, 7) is 4.75. The minimum absolute atomic E-state index is 0.138. The molecule has 1 saturated heterocycles. The van der Waals surface area contributed by atoms with Crippen molar-refractivity contribution in [1.82, 2.24) is 15.1 Å². The van der Waals surface area contributed by atoms with Crippen molar-refractivity contribution < 1.29 is 22.3 Å². The average molecular weight is 493 g/mol. The lowest BCUT2D eigenvalue weighted by atomic mass is 10.1. The molecule has 0 spiro atoms. The number of hydrogen-bond acceptors (Lipinski definition) is 6. The van der Waals surface area contributed by atoms with Gasteiger partial charge in [-0.25, -0.2) is 4.39 Å². The number of morpholine rings is 1. The van der Waals surface area contributed by atoms with Gasteiger partial charge in [0.2, 0.25) is 5.89 Å². The molecule has 0 amide bonds. The average Bonchev–Trinajstić information content (AvgIpc) is 3.35. The van der Waals surface area contributed by atoms with Gasteiger partial charge in [-0.15, -0.1) is 20.9 Å². The Morgan fingerprint density at radius 2 is 1.85 bits per heavy atom. The molecule has 34 heavy (non-hydrogen) atoms. The molecule has 1 atom stereocenters. The largest absolute Gasteiger partial charge is 0.415 e. The maximum atomic E-state index is 15.0. The Balaban J connectivity index is 1.46. The molecule has 182 valence electrons. The van der Waals surface area contributed by atoms with E-state index >= 15 is 4.39 Å². The van der Waals surface area contributed by atoms with Gasteiger partial charge >= 0.3 is 6.43 Å². The molecule has 10 heteroatoms. The van der Waals surface area contributed by atoms with E-state index < -0.39 is 18.1 Å². The van der Waals surface area contributed by atoms with Crippen LogP contribution in [0.3, 0.4) is 0 Å². The summed E-state index contributed by atoms with van der Waals surface area (Å²) in [5.74, 6) is 3.88. The molecular weight excluding hydrogens is 465 g/mol. The molecule has 0 N–H and O–H groups in total. The van der Waals surface area contributed by atoms with Crippen molar-refractivity contribution >= 4 is 22.2 Å². The molecule has 1 fully saturated rings. The first-order valence-electron chi connectivity index (χ1n) is 11.0. The number of benzene rings is 2. The van der Waals surface area contributed by atoms with E-state index in [-0.39, 0.29) is 22.1 Å². The molecule has 0 bridgehead atoms. The minimum atomic E-state index is -2.87. The zero-order valence-corrected chi connectivity index (χ0v) is 19.5. The summed E-state index contributed by atoms with van der Waals surface area (Å²) in [6.07, 6.45) is -1.89. The number of hydrogen-bond donors (Lipinski definition) is 0. The number of nitrogens with zero attached hydrogens (tertiary/aromatic N) is 4. The molecule has 1 unspecified atom stereocenters. The summed E-state index contributed by atoms with van der Waals surface area (Å²) in [5, 5.41) is 6.90. The minimum Gasteiger partial charge on any atom is -0.415 e. The number of anilines is 1. The lowest BCUT2D eigenvalue weighted by Crippen LogP contribution is -2.37. The van der Waals surface area contributed by atoms with E-state index in [1.165, 1.54) is 6.07 Å². The quantitative estimate of drug-likeness (QED) is 0.365. The third-order valence-electron chi connectivity index (χ3n) is 5.56. The summed E-state index contributed by atoms with van der Waals surface area (Å²) >= 11 is 0. The van der Waals surface area contributed by atoms with Gasteiger partial charge in [-0.3, -0.25) is 4.90 Å². The first kappa shape index (κ1) is 24.4. The van der Waals surface area contributed by atoms with Crippen LogP contribution in [0.25, 0.3) is 11.5 Å². The first-order chi connectivity index (χ1) is 16.5. The van der Waals surface area contributed by atoms with Crippen LogP contribution in [-0.4, -0.2) is 59.6 Å². The standard InChI is InChI=1S/C24H27F3N4O2S/c1-34(15-5-10-30-11-13-32-14-12-30)31(20-6-3-2-4-7-20)17-19-9-8-18(16-21(19)25)23-28-29-24(33-23)22(26)27/h2-4,6-9,16,22H,1,5,10-15,17H2. The Morgan fingerprint density at radius 1 is 1.09 bits per heavy atom. The van der Waals surface area contributed by atoms with Crippen molar-refractivity contribution in [2.45, 2.75) is 19.4 Å². The Labute approximate surface area is 199 Å². The Kier molecular flexibility index (Phi) is 8.36. The third kappa shape index (κ3) is 6.25. The lowest BCUT2D eigenvalue weighted by Gasteiger charge is -2.30. The molecule has 2 heterocycles. The van der Waals surface area contributed by atoms with Crippen LogP contribution >= 0.6 is 10.7 Å². The second-order valence-electron chi connectivity index (χ2n) is 7.90. The molecule has 0 saturated carbocycles. The molecule has 3 aromatic rings. The van der Waals surface area contributed by atoms with E-state index in [1.54, 1.807) is 12.1 Å². The highest BCUT2D eigenvalue weighted by atomic mass is 32.2. The van der Waals surface area contributed by atoms with E-state index in [0.29, 0.717) is 12.1 Å². The summed E-state index contributed by atoms with van der Waals surface area (Å²) < 4.78 is 52.9. The third-order valence-corrected chi connectivity index (χ3v) is 7.28. The zero-order valence-electron chi connectivity index (χ0n) is 18.7. The Hall–Kier alpha value is -2.69. The lowest BCUT2D eigenvalue weighted by molar-refractivity contribution is 0.0381. The second-order valence-corrected chi connectivity index (χ2v) is 9.67. The maximum Gasteiger partial charge on any atom is 0.314 e. The smallest absolute Gasteiger partial charge is 0.314 e. The van der Waals surface area contributed by atoms with Crippen molar-refractivity contribution in [1.29, 1.82) is 0 Å². The highest BCUT2D eigenvalue weighted by Crippen LogP contribution is 2.31. The fourth-order valence-electron chi connectivity index (χ4n) is 3.72. The molecule has 0 aliphatic carbocycles. The molecule has 1 aromatic heterocycles. The number of halogens is 3. The van der Waals surface area contributed by atoms with Gasteiger partial charge in [0.25, 0.3) is 5.89 Å².